The molecule has 1 saturated carbocycles. The summed E-state index contributed by atoms with van der Waals surface area (Å²) in [7, 11) is -3.68. The molecule has 2 aromatic rings. The fourth-order valence-electron chi connectivity index (χ4n) is 2.46. The minimum Gasteiger partial charge on any atom is -0.326 e. The summed E-state index contributed by atoms with van der Waals surface area (Å²) in [5.41, 5.74) is 2.58. The summed E-state index contributed by atoms with van der Waals surface area (Å²) >= 11 is 0. The van der Waals surface area contributed by atoms with Gasteiger partial charge in [-0.25, -0.2) is 8.42 Å². The molecule has 1 fully saturated rings. The maximum atomic E-state index is 12.6. The number of anilines is 2. The molecule has 126 valence electrons. The smallest absolute Gasteiger partial charge is 0.262 e. The van der Waals surface area contributed by atoms with Gasteiger partial charge in [0.2, 0.25) is 5.91 Å². The molecule has 2 aromatic carbocycles. The number of nitrogens with one attached hydrogen (secondary N) is 2. The number of aryl methyl sites for hydroxylation is 2. The lowest BCUT2D eigenvalue weighted by molar-refractivity contribution is -0.117. The van der Waals surface area contributed by atoms with Crippen molar-refractivity contribution in [1.82, 2.24) is 0 Å². The summed E-state index contributed by atoms with van der Waals surface area (Å²) in [5, 5.41) is 2.82. The van der Waals surface area contributed by atoms with Gasteiger partial charge in [0.1, 0.15) is 0 Å². The second-order valence-electron chi connectivity index (χ2n) is 6.22. The van der Waals surface area contributed by atoms with Crippen LogP contribution in [0.2, 0.25) is 0 Å². The van der Waals surface area contributed by atoms with E-state index in [1.165, 1.54) is 0 Å². The molecular weight excluding hydrogens is 324 g/mol. The minimum absolute atomic E-state index is 0.00969. The standard InChI is InChI=1S/C18H20N2O3S/c1-12-6-7-13(2)17(10-12)24(22,23)20-16-5-3-4-15(11-16)19-18(21)14-8-9-14/h3-7,10-11,14,20H,8-9H2,1-2H3,(H,19,21). The van der Waals surface area contributed by atoms with E-state index in [0.29, 0.717) is 16.9 Å². The Kier molecular flexibility index (Phi) is 4.32. The fourth-order valence-corrected chi connectivity index (χ4v) is 3.84. The van der Waals surface area contributed by atoms with Crippen molar-refractivity contribution in [2.24, 2.45) is 5.92 Å². The first-order valence-corrected chi connectivity index (χ1v) is 9.34. The van der Waals surface area contributed by atoms with Crippen LogP contribution in [0.3, 0.4) is 0 Å². The Balaban J connectivity index is 1.82. The first kappa shape index (κ1) is 16.5. The lowest BCUT2D eigenvalue weighted by atomic mass is 10.2. The molecule has 0 saturated heterocycles. The third-order valence-corrected chi connectivity index (χ3v) is 5.49. The predicted molar refractivity (Wildman–Crippen MR) is 94.5 cm³/mol. The molecule has 5 nitrogen and oxygen atoms in total. The van der Waals surface area contributed by atoms with Crippen molar-refractivity contribution in [3.05, 3.63) is 53.6 Å². The molecule has 0 aliphatic heterocycles. The molecule has 0 aromatic heterocycles. The Labute approximate surface area is 142 Å². The summed E-state index contributed by atoms with van der Waals surface area (Å²) in [6, 6.07) is 12.1. The monoisotopic (exact) mass is 344 g/mol. The number of carbonyl (C=O) groups excluding carboxylic acids is 1. The highest BCUT2D eigenvalue weighted by atomic mass is 32.2. The summed E-state index contributed by atoms with van der Waals surface area (Å²) in [6.45, 7) is 3.62. The number of rotatable bonds is 5. The van der Waals surface area contributed by atoms with Crippen molar-refractivity contribution in [3.63, 3.8) is 0 Å². The molecule has 2 N–H and O–H groups in total. The molecule has 0 unspecified atom stereocenters. The van der Waals surface area contributed by atoms with Gasteiger partial charge in [-0.05, 0) is 62.1 Å². The van der Waals surface area contributed by atoms with Gasteiger partial charge >= 0.3 is 0 Å². The van der Waals surface area contributed by atoms with Crippen LogP contribution in [0.4, 0.5) is 11.4 Å². The Morgan fingerprint density at radius 2 is 1.75 bits per heavy atom. The van der Waals surface area contributed by atoms with Crippen LogP contribution in [0.5, 0.6) is 0 Å². The Morgan fingerprint density at radius 1 is 1.04 bits per heavy atom. The summed E-state index contributed by atoms with van der Waals surface area (Å²) in [4.78, 5) is 12.1. The molecule has 0 heterocycles. The second kappa shape index (κ2) is 6.28. The third kappa shape index (κ3) is 3.76. The summed E-state index contributed by atoms with van der Waals surface area (Å²) in [5.74, 6) is 0.0878. The van der Waals surface area contributed by atoms with Crippen molar-refractivity contribution in [2.45, 2.75) is 31.6 Å². The zero-order chi connectivity index (χ0) is 17.3. The predicted octanol–water partition coefficient (Wildman–Crippen LogP) is 3.45. The van der Waals surface area contributed by atoms with Crippen LogP contribution in [-0.4, -0.2) is 14.3 Å². The van der Waals surface area contributed by atoms with Gasteiger partial charge in [-0.15, -0.1) is 0 Å². The number of hydrogen-bond acceptors (Lipinski definition) is 3. The normalized spacial score (nSPS) is 14.2. The first-order valence-electron chi connectivity index (χ1n) is 7.86. The van der Waals surface area contributed by atoms with Gasteiger partial charge < -0.3 is 5.32 Å². The average Bonchev–Trinajstić information content (AvgIpc) is 3.34. The van der Waals surface area contributed by atoms with Gasteiger partial charge in [-0.3, -0.25) is 9.52 Å². The molecule has 0 atom stereocenters. The molecule has 0 spiro atoms. The zero-order valence-corrected chi connectivity index (χ0v) is 14.5. The van der Waals surface area contributed by atoms with Crippen molar-refractivity contribution >= 4 is 27.3 Å². The van der Waals surface area contributed by atoms with E-state index in [-0.39, 0.29) is 16.7 Å². The van der Waals surface area contributed by atoms with E-state index in [0.717, 1.165) is 18.4 Å². The van der Waals surface area contributed by atoms with Crippen molar-refractivity contribution in [2.75, 3.05) is 10.0 Å². The van der Waals surface area contributed by atoms with Crippen LogP contribution in [0.15, 0.2) is 47.4 Å². The highest BCUT2D eigenvalue weighted by Gasteiger charge is 2.29. The van der Waals surface area contributed by atoms with Crippen LogP contribution in [0.25, 0.3) is 0 Å². The molecule has 24 heavy (non-hydrogen) atoms. The van der Waals surface area contributed by atoms with Crippen molar-refractivity contribution in [3.8, 4) is 0 Å². The number of benzene rings is 2. The van der Waals surface area contributed by atoms with Crippen molar-refractivity contribution < 1.29 is 13.2 Å². The van der Waals surface area contributed by atoms with Gasteiger partial charge in [0, 0.05) is 11.6 Å². The van der Waals surface area contributed by atoms with Crippen molar-refractivity contribution in [1.29, 1.82) is 0 Å². The van der Waals surface area contributed by atoms with E-state index in [2.05, 4.69) is 10.0 Å². The number of carbonyl (C=O) groups is 1. The van der Waals surface area contributed by atoms with Gasteiger partial charge in [0.15, 0.2) is 0 Å². The largest absolute Gasteiger partial charge is 0.326 e. The Hall–Kier alpha value is -2.34. The van der Waals surface area contributed by atoms with Gasteiger partial charge in [0.25, 0.3) is 10.0 Å². The third-order valence-electron chi connectivity index (χ3n) is 3.96. The molecular formula is C18H20N2O3S. The fraction of sp³-hybridized carbons (Fsp3) is 0.278. The SMILES string of the molecule is Cc1ccc(C)c(S(=O)(=O)Nc2cccc(NC(=O)C3CC3)c2)c1. The van der Waals surface area contributed by atoms with Gasteiger partial charge in [-0.2, -0.15) is 0 Å². The molecule has 0 bridgehead atoms. The molecule has 1 aliphatic carbocycles. The average molecular weight is 344 g/mol. The molecule has 3 rings (SSSR count). The maximum Gasteiger partial charge on any atom is 0.262 e. The quantitative estimate of drug-likeness (QED) is 0.872. The van der Waals surface area contributed by atoms with Crippen LogP contribution in [0, 0.1) is 19.8 Å². The first-order chi connectivity index (χ1) is 11.3. The minimum atomic E-state index is -3.68. The van der Waals surface area contributed by atoms with Gasteiger partial charge in [0.05, 0.1) is 10.6 Å². The van der Waals surface area contributed by atoms with E-state index in [9.17, 15) is 13.2 Å². The highest BCUT2D eigenvalue weighted by molar-refractivity contribution is 7.92. The second-order valence-corrected chi connectivity index (χ2v) is 7.87. The zero-order valence-electron chi connectivity index (χ0n) is 13.7. The van der Waals surface area contributed by atoms with Gasteiger partial charge in [-0.1, -0.05) is 18.2 Å². The topological polar surface area (TPSA) is 75.3 Å². The molecule has 0 radical (unpaired) electrons. The maximum absolute atomic E-state index is 12.6. The molecule has 1 aliphatic rings. The van der Waals surface area contributed by atoms with E-state index in [1.54, 1.807) is 43.3 Å². The number of amides is 1. The van der Waals surface area contributed by atoms with Crippen LogP contribution >= 0.6 is 0 Å². The number of hydrogen-bond donors (Lipinski definition) is 2. The summed E-state index contributed by atoms with van der Waals surface area (Å²) < 4.78 is 27.8. The molecule has 6 heteroatoms. The van der Waals surface area contributed by atoms with E-state index < -0.39 is 10.0 Å². The van der Waals surface area contributed by atoms with Crippen LogP contribution < -0.4 is 10.0 Å². The van der Waals surface area contributed by atoms with E-state index in [4.69, 9.17) is 0 Å². The lowest BCUT2D eigenvalue weighted by Crippen LogP contribution is -2.16. The molecule has 1 amide bonds. The van der Waals surface area contributed by atoms with E-state index in [1.807, 2.05) is 13.0 Å². The van der Waals surface area contributed by atoms with Crippen LogP contribution in [-0.2, 0) is 14.8 Å². The highest BCUT2D eigenvalue weighted by Crippen LogP contribution is 2.30. The summed E-state index contributed by atoms with van der Waals surface area (Å²) in [6.07, 6.45) is 1.84. The number of sulfonamides is 1. The Morgan fingerprint density at radius 3 is 2.46 bits per heavy atom. The van der Waals surface area contributed by atoms with E-state index >= 15 is 0 Å². The lowest BCUT2D eigenvalue weighted by Gasteiger charge is -2.12. The van der Waals surface area contributed by atoms with Crippen LogP contribution in [0.1, 0.15) is 24.0 Å². The Bertz CT molecular complexity index is 887.